The van der Waals surface area contributed by atoms with Gasteiger partial charge in [-0.1, -0.05) is 15.9 Å². The molecule has 0 unspecified atom stereocenters. The van der Waals surface area contributed by atoms with Crippen LogP contribution in [-0.4, -0.2) is 0 Å². The molecule has 0 heterocycles. The molecule has 5 heteroatoms. The SMILES string of the molecule is Nc1cc(F)ccc1Nc1cc(Br)ccc1Br. The molecule has 2 aromatic rings. The second-order valence-electron chi connectivity index (χ2n) is 3.48. The van der Waals surface area contributed by atoms with Gasteiger partial charge in [0.15, 0.2) is 0 Å². The highest BCUT2D eigenvalue weighted by Crippen LogP contribution is 2.31. The van der Waals surface area contributed by atoms with Gasteiger partial charge in [-0.15, -0.1) is 0 Å². The van der Waals surface area contributed by atoms with E-state index in [1.54, 1.807) is 6.07 Å². The molecule has 0 bridgehead atoms. The van der Waals surface area contributed by atoms with E-state index in [1.165, 1.54) is 12.1 Å². The van der Waals surface area contributed by atoms with Gasteiger partial charge in [0.2, 0.25) is 0 Å². The maximum Gasteiger partial charge on any atom is 0.125 e. The first-order valence-corrected chi connectivity index (χ1v) is 6.42. The summed E-state index contributed by atoms with van der Waals surface area (Å²) in [5.41, 5.74) is 7.63. The summed E-state index contributed by atoms with van der Waals surface area (Å²) in [6.07, 6.45) is 0. The minimum Gasteiger partial charge on any atom is -0.397 e. The fourth-order valence-electron chi connectivity index (χ4n) is 1.39. The predicted molar refractivity (Wildman–Crippen MR) is 75.9 cm³/mol. The molecule has 0 aliphatic carbocycles. The monoisotopic (exact) mass is 358 g/mol. The second kappa shape index (κ2) is 5.06. The summed E-state index contributed by atoms with van der Waals surface area (Å²) in [5.74, 6) is -0.346. The number of hydrogen-bond donors (Lipinski definition) is 2. The van der Waals surface area contributed by atoms with Gasteiger partial charge < -0.3 is 11.1 Å². The van der Waals surface area contributed by atoms with Gasteiger partial charge in [-0.2, -0.15) is 0 Å². The topological polar surface area (TPSA) is 38.0 Å². The summed E-state index contributed by atoms with van der Waals surface area (Å²) in [5, 5.41) is 3.14. The Morgan fingerprint density at radius 1 is 1.00 bits per heavy atom. The third kappa shape index (κ3) is 2.98. The molecule has 0 amide bonds. The van der Waals surface area contributed by atoms with Crippen molar-refractivity contribution >= 4 is 48.9 Å². The Morgan fingerprint density at radius 3 is 2.47 bits per heavy atom. The van der Waals surface area contributed by atoms with Crippen molar-refractivity contribution < 1.29 is 4.39 Å². The van der Waals surface area contributed by atoms with Gasteiger partial charge >= 0.3 is 0 Å². The van der Waals surface area contributed by atoms with E-state index in [0.717, 1.165) is 14.6 Å². The number of nitrogen functional groups attached to an aromatic ring is 1. The van der Waals surface area contributed by atoms with Crippen molar-refractivity contribution in [3.05, 3.63) is 51.2 Å². The van der Waals surface area contributed by atoms with Crippen molar-refractivity contribution in [1.29, 1.82) is 0 Å². The number of anilines is 3. The van der Waals surface area contributed by atoms with Gasteiger partial charge in [0.25, 0.3) is 0 Å². The molecule has 0 saturated heterocycles. The maximum absolute atomic E-state index is 12.9. The Balaban J connectivity index is 2.34. The summed E-state index contributed by atoms with van der Waals surface area (Å²) in [7, 11) is 0. The van der Waals surface area contributed by atoms with Crippen LogP contribution in [0.3, 0.4) is 0 Å². The number of benzene rings is 2. The summed E-state index contributed by atoms with van der Waals surface area (Å²) in [4.78, 5) is 0. The van der Waals surface area contributed by atoms with Crippen LogP contribution in [0.2, 0.25) is 0 Å². The number of nitrogens with two attached hydrogens (primary N) is 1. The Morgan fingerprint density at radius 2 is 1.76 bits per heavy atom. The summed E-state index contributed by atoms with van der Waals surface area (Å²) < 4.78 is 14.8. The van der Waals surface area contributed by atoms with Crippen molar-refractivity contribution in [3.63, 3.8) is 0 Å². The van der Waals surface area contributed by atoms with Crippen LogP contribution in [0, 0.1) is 5.82 Å². The van der Waals surface area contributed by atoms with Gasteiger partial charge in [-0.25, -0.2) is 4.39 Å². The lowest BCUT2D eigenvalue weighted by Gasteiger charge is -2.11. The zero-order valence-electron chi connectivity index (χ0n) is 8.68. The lowest BCUT2D eigenvalue weighted by Crippen LogP contribution is -1.97. The zero-order chi connectivity index (χ0) is 12.4. The van der Waals surface area contributed by atoms with E-state index in [4.69, 9.17) is 5.73 Å². The van der Waals surface area contributed by atoms with Crippen LogP contribution in [0.25, 0.3) is 0 Å². The lowest BCUT2D eigenvalue weighted by molar-refractivity contribution is 0.628. The molecule has 0 saturated carbocycles. The zero-order valence-corrected chi connectivity index (χ0v) is 11.8. The summed E-state index contributed by atoms with van der Waals surface area (Å²) in [6.45, 7) is 0. The normalized spacial score (nSPS) is 10.3. The fourth-order valence-corrected chi connectivity index (χ4v) is 2.09. The van der Waals surface area contributed by atoms with E-state index in [0.29, 0.717) is 11.4 Å². The van der Waals surface area contributed by atoms with Crippen molar-refractivity contribution in [2.75, 3.05) is 11.1 Å². The van der Waals surface area contributed by atoms with Crippen molar-refractivity contribution in [2.24, 2.45) is 0 Å². The van der Waals surface area contributed by atoms with E-state index >= 15 is 0 Å². The molecule has 0 spiro atoms. The smallest absolute Gasteiger partial charge is 0.125 e. The van der Waals surface area contributed by atoms with Crippen molar-refractivity contribution in [1.82, 2.24) is 0 Å². The molecule has 0 atom stereocenters. The van der Waals surface area contributed by atoms with Gasteiger partial charge in [0, 0.05) is 8.95 Å². The number of rotatable bonds is 2. The van der Waals surface area contributed by atoms with Crippen LogP contribution in [0.15, 0.2) is 45.3 Å². The molecule has 17 heavy (non-hydrogen) atoms. The van der Waals surface area contributed by atoms with Gasteiger partial charge in [-0.05, 0) is 52.3 Å². The minimum atomic E-state index is -0.346. The maximum atomic E-state index is 12.9. The van der Waals surface area contributed by atoms with Gasteiger partial charge in [-0.3, -0.25) is 0 Å². The Bertz CT molecular complexity index is 558. The lowest BCUT2D eigenvalue weighted by atomic mass is 10.2. The molecular formula is C12H9Br2FN2. The van der Waals surface area contributed by atoms with Crippen LogP contribution in [0.4, 0.5) is 21.5 Å². The molecule has 2 aromatic carbocycles. The molecule has 0 radical (unpaired) electrons. The number of hydrogen-bond acceptors (Lipinski definition) is 2. The highest BCUT2D eigenvalue weighted by molar-refractivity contribution is 9.11. The molecular weight excluding hydrogens is 351 g/mol. The Labute approximate surface area is 115 Å². The van der Waals surface area contributed by atoms with Crippen LogP contribution in [-0.2, 0) is 0 Å². The first kappa shape index (κ1) is 12.4. The molecule has 88 valence electrons. The van der Waals surface area contributed by atoms with E-state index < -0.39 is 0 Å². The van der Waals surface area contributed by atoms with Crippen molar-refractivity contribution in [2.45, 2.75) is 0 Å². The van der Waals surface area contributed by atoms with Crippen LogP contribution in [0.1, 0.15) is 0 Å². The van der Waals surface area contributed by atoms with Crippen LogP contribution in [0.5, 0.6) is 0 Å². The highest BCUT2D eigenvalue weighted by atomic mass is 79.9. The molecule has 0 fully saturated rings. The standard InChI is InChI=1S/C12H9Br2FN2/c13-7-1-3-9(14)12(5-7)17-11-4-2-8(15)6-10(11)16/h1-6,17H,16H2. The number of nitrogens with one attached hydrogen (secondary N) is 1. The van der Waals surface area contributed by atoms with Gasteiger partial charge in [0.1, 0.15) is 5.82 Å². The molecule has 0 aliphatic heterocycles. The van der Waals surface area contributed by atoms with Crippen LogP contribution >= 0.6 is 31.9 Å². The summed E-state index contributed by atoms with van der Waals surface area (Å²) in [6, 6.07) is 10.00. The Hall–Kier alpha value is -1.07. The average molecular weight is 360 g/mol. The largest absolute Gasteiger partial charge is 0.397 e. The van der Waals surface area contributed by atoms with E-state index in [2.05, 4.69) is 37.2 Å². The fraction of sp³-hybridized carbons (Fsp3) is 0. The third-order valence-electron chi connectivity index (χ3n) is 2.21. The highest BCUT2D eigenvalue weighted by Gasteiger charge is 2.04. The summed E-state index contributed by atoms with van der Waals surface area (Å²) >= 11 is 6.82. The third-order valence-corrected chi connectivity index (χ3v) is 3.40. The van der Waals surface area contributed by atoms with Gasteiger partial charge in [0.05, 0.1) is 17.1 Å². The minimum absolute atomic E-state index is 0.346. The van der Waals surface area contributed by atoms with E-state index in [-0.39, 0.29) is 5.82 Å². The van der Waals surface area contributed by atoms with Crippen LogP contribution < -0.4 is 11.1 Å². The predicted octanol–water partition coefficient (Wildman–Crippen LogP) is 4.68. The average Bonchev–Trinajstić information content (AvgIpc) is 2.27. The number of halogens is 3. The second-order valence-corrected chi connectivity index (χ2v) is 5.25. The molecule has 0 aromatic heterocycles. The van der Waals surface area contributed by atoms with E-state index in [9.17, 15) is 4.39 Å². The van der Waals surface area contributed by atoms with E-state index in [1.807, 2.05) is 18.2 Å². The first-order valence-electron chi connectivity index (χ1n) is 4.83. The molecule has 0 aliphatic rings. The molecule has 2 nitrogen and oxygen atoms in total. The molecule has 3 N–H and O–H groups in total. The van der Waals surface area contributed by atoms with Crippen molar-refractivity contribution in [3.8, 4) is 0 Å². The Kier molecular flexibility index (Phi) is 3.69. The first-order chi connectivity index (χ1) is 8.06. The molecule has 2 rings (SSSR count). The quantitative estimate of drug-likeness (QED) is 0.764.